The van der Waals surface area contributed by atoms with Gasteiger partial charge in [0.15, 0.2) is 0 Å². The van der Waals surface area contributed by atoms with Crippen LogP contribution in [0.4, 0.5) is 0 Å². The fourth-order valence-corrected chi connectivity index (χ4v) is 2.53. The zero-order chi connectivity index (χ0) is 11.6. The molecule has 0 amide bonds. The third-order valence-corrected chi connectivity index (χ3v) is 3.45. The molecule has 0 bridgehead atoms. The second-order valence-corrected chi connectivity index (χ2v) is 7.12. The van der Waals surface area contributed by atoms with Gasteiger partial charge >= 0.3 is 0 Å². The molecular formula is C9H22NO3P. The van der Waals surface area contributed by atoms with Crippen molar-refractivity contribution in [2.45, 2.75) is 26.4 Å². The zero-order valence-corrected chi connectivity index (χ0v) is 10.6. The Balaban J connectivity index is 4.29. The Kier molecular flexibility index (Phi) is 4.79. The minimum Gasteiger partial charge on any atom is -0.778 e. The minimum absolute atomic E-state index is 0.454. The monoisotopic (exact) mass is 223 g/mol. The van der Waals surface area contributed by atoms with Gasteiger partial charge in [0, 0.05) is 5.92 Å². The topological polar surface area (TPSA) is 60.4 Å². The summed E-state index contributed by atoms with van der Waals surface area (Å²) in [6.07, 6.45) is 0. The molecule has 4 nitrogen and oxygen atoms in total. The number of nitrogens with zero attached hydrogens (tertiary/aromatic N) is 1. The first-order valence-electron chi connectivity index (χ1n) is 4.90. The summed E-state index contributed by atoms with van der Waals surface area (Å²) in [5.74, 6) is 0.516. The lowest BCUT2D eigenvalue weighted by atomic mass is 10.2. The van der Waals surface area contributed by atoms with E-state index in [4.69, 9.17) is 4.89 Å². The van der Waals surface area contributed by atoms with Crippen LogP contribution in [-0.4, -0.2) is 42.2 Å². The number of hydrogen-bond donors (Lipinski definition) is 1. The van der Waals surface area contributed by atoms with Crippen LogP contribution in [0.5, 0.6) is 0 Å². The number of rotatable bonds is 5. The van der Waals surface area contributed by atoms with Crippen molar-refractivity contribution < 1.29 is 18.8 Å². The van der Waals surface area contributed by atoms with E-state index in [1.54, 1.807) is 6.92 Å². The third-order valence-electron chi connectivity index (χ3n) is 2.17. The first kappa shape index (κ1) is 14.1. The van der Waals surface area contributed by atoms with E-state index in [2.05, 4.69) is 13.8 Å². The molecule has 0 radical (unpaired) electrons. The molecule has 0 heterocycles. The van der Waals surface area contributed by atoms with Crippen LogP contribution >= 0.6 is 7.60 Å². The van der Waals surface area contributed by atoms with Crippen LogP contribution in [0.2, 0.25) is 0 Å². The minimum atomic E-state index is -4.16. The molecule has 0 aromatic carbocycles. The molecule has 2 unspecified atom stereocenters. The fraction of sp³-hybridized carbons (Fsp3) is 1.00. The van der Waals surface area contributed by atoms with Crippen LogP contribution in [0, 0.1) is 5.92 Å². The second kappa shape index (κ2) is 4.75. The third kappa shape index (κ3) is 5.76. The summed E-state index contributed by atoms with van der Waals surface area (Å²) in [6, 6.07) is 0. The van der Waals surface area contributed by atoms with E-state index >= 15 is 0 Å². The first-order valence-corrected chi connectivity index (χ1v) is 6.55. The van der Waals surface area contributed by atoms with Crippen LogP contribution in [0.25, 0.3) is 0 Å². The van der Waals surface area contributed by atoms with Gasteiger partial charge in [0.2, 0.25) is 0 Å². The van der Waals surface area contributed by atoms with E-state index in [9.17, 15) is 9.46 Å². The maximum Gasteiger partial charge on any atom is 0.140 e. The van der Waals surface area contributed by atoms with Gasteiger partial charge in [-0.15, -0.1) is 0 Å². The molecule has 0 aliphatic carbocycles. The maximum atomic E-state index is 10.9. The zero-order valence-electron chi connectivity index (χ0n) is 9.73. The highest BCUT2D eigenvalue weighted by molar-refractivity contribution is 7.51. The number of quaternary nitrogens is 1. The van der Waals surface area contributed by atoms with Crippen molar-refractivity contribution in [2.24, 2.45) is 5.92 Å². The van der Waals surface area contributed by atoms with Gasteiger partial charge in [-0.25, -0.2) is 0 Å². The van der Waals surface area contributed by atoms with Gasteiger partial charge in [0.25, 0.3) is 0 Å². The first-order chi connectivity index (χ1) is 6.04. The predicted octanol–water partition coefficient (Wildman–Crippen LogP) is 0.653. The molecule has 2 atom stereocenters. The Labute approximate surface area is 86.7 Å². The summed E-state index contributed by atoms with van der Waals surface area (Å²) in [6.45, 7) is 7.11. The van der Waals surface area contributed by atoms with Crippen molar-refractivity contribution in [3.8, 4) is 0 Å². The number of hydrogen-bond acceptors (Lipinski definition) is 2. The van der Waals surface area contributed by atoms with Crippen LogP contribution in [-0.2, 0) is 4.57 Å². The van der Waals surface area contributed by atoms with Gasteiger partial charge in [-0.05, 0) is 6.92 Å². The van der Waals surface area contributed by atoms with E-state index in [0.29, 0.717) is 16.9 Å². The Morgan fingerprint density at radius 3 is 2.00 bits per heavy atom. The van der Waals surface area contributed by atoms with Crippen molar-refractivity contribution in [3.05, 3.63) is 0 Å². The van der Waals surface area contributed by atoms with Crippen molar-refractivity contribution in [1.82, 2.24) is 0 Å². The van der Waals surface area contributed by atoms with Gasteiger partial charge in [0.1, 0.15) is 7.60 Å². The quantitative estimate of drug-likeness (QED) is 0.550. The van der Waals surface area contributed by atoms with Gasteiger partial charge in [-0.1, -0.05) is 13.8 Å². The summed E-state index contributed by atoms with van der Waals surface area (Å²) >= 11 is 0. The van der Waals surface area contributed by atoms with Gasteiger partial charge in [-0.2, -0.15) is 0 Å². The van der Waals surface area contributed by atoms with E-state index in [-0.39, 0.29) is 0 Å². The molecule has 1 N–H and O–H groups in total. The summed E-state index contributed by atoms with van der Waals surface area (Å²) in [7, 11) is -0.206. The highest BCUT2D eigenvalue weighted by atomic mass is 31.2. The largest absolute Gasteiger partial charge is 0.778 e. The molecule has 0 spiro atoms. The van der Waals surface area contributed by atoms with Gasteiger partial charge < -0.3 is 18.8 Å². The second-order valence-electron chi connectivity index (χ2n) is 5.11. The normalized spacial score (nSPS) is 19.4. The van der Waals surface area contributed by atoms with Crippen molar-refractivity contribution in [3.63, 3.8) is 0 Å². The highest BCUT2D eigenvalue weighted by Crippen LogP contribution is 2.36. The van der Waals surface area contributed by atoms with Crippen molar-refractivity contribution in [2.75, 3.05) is 27.2 Å². The molecule has 86 valence electrons. The van der Waals surface area contributed by atoms with Crippen molar-refractivity contribution in [1.29, 1.82) is 0 Å². The SMILES string of the molecule is CC(C)C[N+](C)(C)CC(C)P(=O)([O-])O. The van der Waals surface area contributed by atoms with Crippen molar-refractivity contribution >= 4 is 7.60 Å². The molecule has 0 saturated carbocycles. The molecule has 0 aliphatic heterocycles. The van der Waals surface area contributed by atoms with Crippen LogP contribution in [0.1, 0.15) is 20.8 Å². The van der Waals surface area contributed by atoms with E-state index < -0.39 is 13.3 Å². The maximum absolute atomic E-state index is 10.9. The fourth-order valence-electron chi connectivity index (χ4n) is 1.88. The molecule has 0 rings (SSSR count). The van der Waals surface area contributed by atoms with Crippen LogP contribution in [0.15, 0.2) is 0 Å². The van der Waals surface area contributed by atoms with E-state index in [1.165, 1.54) is 0 Å². The highest BCUT2D eigenvalue weighted by Gasteiger charge is 2.25. The lowest BCUT2D eigenvalue weighted by Crippen LogP contribution is -2.47. The van der Waals surface area contributed by atoms with E-state index in [0.717, 1.165) is 6.54 Å². The summed E-state index contributed by atoms with van der Waals surface area (Å²) < 4.78 is 11.5. The molecule has 5 heteroatoms. The summed E-state index contributed by atoms with van der Waals surface area (Å²) in [5.41, 5.74) is -0.670. The molecule has 0 fully saturated rings. The van der Waals surface area contributed by atoms with Gasteiger partial charge in [0.05, 0.1) is 32.8 Å². The average Bonchev–Trinajstić information content (AvgIpc) is 1.79. The lowest BCUT2D eigenvalue weighted by Gasteiger charge is -2.36. The average molecular weight is 223 g/mol. The standard InChI is InChI=1S/C9H22NO3P/c1-8(2)6-10(4,5)7-9(3)14(11,12)13/h8-9H,6-7H2,1-5H3,(H-,11,12,13). The Hall–Kier alpha value is 0.110. The van der Waals surface area contributed by atoms with Crippen LogP contribution in [0.3, 0.4) is 0 Å². The van der Waals surface area contributed by atoms with Crippen LogP contribution < -0.4 is 4.89 Å². The Morgan fingerprint density at radius 2 is 1.71 bits per heavy atom. The smallest absolute Gasteiger partial charge is 0.140 e. The van der Waals surface area contributed by atoms with Gasteiger partial charge in [-0.3, -0.25) is 0 Å². The molecule has 0 saturated heterocycles. The molecule has 0 aromatic heterocycles. The summed E-state index contributed by atoms with van der Waals surface area (Å²) in [4.78, 5) is 19.7. The lowest BCUT2D eigenvalue weighted by molar-refractivity contribution is -0.892. The Bertz CT molecular complexity index is 222. The molecule has 0 aromatic rings. The molecule has 0 aliphatic rings. The predicted molar refractivity (Wildman–Crippen MR) is 56.0 cm³/mol. The molecule has 14 heavy (non-hydrogen) atoms. The van der Waals surface area contributed by atoms with E-state index in [1.807, 2.05) is 14.1 Å². The molecular weight excluding hydrogens is 201 g/mol. The summed E-state index contributed by atoms with van der Waals surface area (Å²) in [5, 5.41) is 0. The Morgan fingerprint density at radius 1 is 1.29 bits per heavy atom.